The maximum absolute atomic E-state index is 13.1. The number of aromatic amines is 1. The van der Waals surface area contributed by atoms with Crippen LogP contribution in [0, 0.1) is 0 Å². The van der Waals surface area contributed by atoms with Gasteiger partial charge in [-0.3, -0.25) is 10.1 Å². The molecule has 210 valence electrons. The largest absolute Gasteiger partial charge is 0.497 e. The molecule has 0 spiro atoms. The van der Waals surface area contributed by atoms with Crippen LogP contribution < -0.4 is 15.6 Å². The molecule has 1 unspecified atom stereocenters. The second-order valence-corrected chi connectivity index (χ2v) is 10.9. The topological polar surface area (TPSA) is 84.8 Å². The number of halogens is 2. The van der Waals surface area contributed by atoms with Crippen molar-refractivity contribution < 1.29 is 4.74 Å². The fourth-order valence-corrected chi connectivity index (χ4v) is 5.66. The first-order valence-electron chi connectivity index (χ1n) is 13.3. The zero-order valence-corrected chi connectivity index (χ0v) is 24.4. The summed E-state index contributed by atoms with van der Waals surface area (Å²) in [5.41, 5.74) is 4.71. The molecule has 1 atom stereocenters. The lowest BCUT2D eigenvalue weighted by molar-refractivity contribution is 0.414. The van der Waals surface area contributed by atoms with Gasteiger partial charge in [0.15, 0.2) is 0 Å². The number of ether oxygens (including phenoxy) is 1. The molecule has 6 aromatic rings. The first-order valence-corrected chi connectivity index (χ1v) is 14.0. The van der Waals surface area contributed by atoms with Crippen LogP contribution in [0.5, 0.6) is 5.75 Å². The van der Waals surface area contributed by atoms with Gasteiger partial charge in [-0.25, -0.2) is 9.97 Å². The van der Waals surface area contributed by atoms with Crippen molar-refractivity contribution in [1.29, 1.82) is 0 Å². The summed E-state index contributed by atoms with van der Waals surface area (Å²) in [5, 5.41) is 5.66. The van der Waals surface area contributed by atoms with Gasteiger partial charge in [0.25, 0.3) is 5.56 Å². The summed E-state index contributed by atoms with van der Waals surface area (Å²) in [6, 6.07) is 26.9. The van der Waals surface area contributed by atoms with Gasteiger partial charge in [0.05, 0.1) is 25.3 Å². The zero-order valence-electron chi connectivity index (χ0n) is 22.9. The van der Waals surface area contributed by atoms with Crippen molar-refractivity contribution in [2.45, 2.75) is 12.1 Å². The Labute approximate surface area is 252 Å². The number of aryl methyl sites for hydroxylation is 1. The maximum atomic E-state index is 13.1. The van der Waals surface area contributed by atoms with E-state index in [1.54, 1.807) is 37.8 Å². The fourth-order valence-electron chi connectivity index (χ4n) is 5.36. The number of fused-ring (bicyclic) bond motifs is 1. The normalized spacial score (nSPS) is 12.8. The molecule has 9 heteroatoms. The Balaban J connectivity index is 1.56. The summed E-state index contributed by atoms with van der Waals surface area (Å²) in [6.45, 7) is 0.523. The summed E-state index contributed by atoms with van der Waals surface area (Å²) in [4.78, 5) is 25.0. The Hall–Kier alpha value is -4.43. The SMILES string of the molecule is COc1ccc(CNC(c2ccc(Cl)nc2)(c2ccc3[nH]c(=O)c(-c4cccc(Cl)c4)cc3c2)c2cncn2C)cc1. The lowest BCUT2D eigenvalue weighted by atomic mass is 9.80. The molecule has 3 aromatic carbocycles. The lowest BCUT2D eigenvalue weighted by Crippen LogP contribution is -2.45. The van der Waals surface area contributed by atoms with Crippen molar-refractivity contribution in [3.05, 3.63) is 147 Å². The minimum Gasteiger partial charge on any atom is -0.497 e. The highest BCUT2D eigenvalue weighted by Crippen LogP contribution is 2.38. The van der Waals surface area contributed by atoms with Crippen LogP contribution in [0.3, 0.4) is 0 Å². The third-order valence-electron chi connectivity index (χ3n) is 7.49. The molecule has 0 saturated heterocycles. The number of aromatic nitrogens is 4. The average molecular weight is 597 g/mol. The van der Waals surface area contributed by atoms with E-state index in [2.05, 4.69) is 26.3 Å². The van der Waals surface area contributed by atoms with Gasteiger partial charge in [0.1, 0.15) is 16.4 Å². The Morgan fingerprint density at radius 1 is 0.952 bits per heavy atom. The fraction of sp³-hybridized carbons (Fsp3) is 0.121. The molecule has 7 nitrogen and oxygen atoms in total. The number of benzene rings is 3. The van der Waals surface area contributed by atoms with Gasteiger partial charge in [0, 0.05) is 41.5 Å². The second-order valence-electron chi connectivity index (χ2n) is 10.0. The number of hydrogen-bond acceptors (Lipinski definition) is 5. The number of methoxy groups -OCH3 is 1. The third kappa shape index (κ3) is 5.18. The third-order valence-corrected chi connectivity index (χ3v) is 7.95. The summed E-state index contributed by atoms with van der Waals surface area (Å²) in [6.07, 6.45) is 5.41. The van der Waals surface area contributed by atoms with Gasteiger partial charge in [-0.2, -0.15) is 0 Å². The van der Waals surface area contributed by atoms with E-state index >= 15 is 0 Å². The molecule has 0 radical (unpaired) electrons. The minimum absolute atomic E-state index is 0.185. The summed E-state index contributed by atoms with van der Waals surface area (Å²) in [7, 11) is 3.62. The monoisotopic (exact) mass is 595 g/mol. The summed E-state index contributed by atoms with van der Waals surface area (Å²) in [5.74, 6) is 0.789. The Morgan fingerprint density at radius 3 is 2.45 bits per heavy atom. The quantitative estimate of drug-likeness (QED) is 0.191. The van der Waals surface area contributed by atoms with E-state index in [9.17, 15) is 4.79 Å². The molecule has 0 fully saturated rings. The second kappa shape index (κ2) is 11.4. The number of pyridine rings is 2. The van der Waals surface area contributed by atoms with Crippen molar-refractivity contribution in [2.75, 3.05) is 7.11 Å². The van der Waals surface area contributed by atoms with Gasteiger partial charge in [-0.05, 0) is 70.6 Å². The molecule has 0 aliphatic heterocycles. The van der Waals surface area contributed by atoms with E-state index in [1.165, 1.54) is 0 Å². The van der Waals surface area contributed by atoms with E-state index < -0.39 is 5.54 Å². The van der Waals surface area contributed by atoms with E-state index in [4.69, 9.17) is 27.9 Å². The van der Waals surface area contributed by atoms with E-state index in [0.717, 1.165) is 44.6 Å². The number of hydrogen-bond donors (Lipinski definition) is 2. The van der Waals surface area contributed by atoms with Crippen LogP contribution >= 0.6 is 23.2 Å². The zero-order chi connectivity index (χ0) is 29.3. The van der Waals surface area contributed by atoms with Crippen molar-refractivity contribution in [3.8, 4) is 16.9 Å². The van der Waals surface area contributed by atoms with Crippen molar-refractivity contribution in [3.63, 3.8) is 0 Å². The minimum atomic E-state index is -0.886. The number of nitrogens with one attached hydrogen (secondary N) is 2. The molecule has 0 bridgehead atoms. The smallest absolute Gasteiger partial charge is 0.256 e. The van der Waals surface area contributed by atoms with Crippen LogP contribution in [0.4, 0.5) is 0 Å². The lowest BCUT2D eigenvalue weighted by Gasteiger charge is -2.36. The Kier molecular flexibility index (Phi) is 7.56. The van der Waals surface area contributed by atoms with Crippen molar-refractivity contribution in [2.24, 2.45) is 7.05 Å². The highest BCUT2D eigenvalue weighted by atomic mass is 35.5. The van der Waals surface area contributed by atoms with Crippen molar-refractivity contribution >= 4 is 34.1 Å². The van der Waals surface area contributed by atoms with Crippen molar-refractivity contribution in [1.82, 2.24) is 24.8 Å². The molecule has 3 aromatic heterocycles. The van der Waals surface area contributed by atoms with Gasteiger partial charge in [-0.1, -0.05) is 59.6 Å². The maximum Gasteiger partial charge on any atom is 0.256 e. The van der Waals surface area contributed by atoms with Gasteiger partial charge >= 0.3 is 0 Å². The molecule has 42 heavy (non-hydrogen) atoms. The average Bonchev–Trinajstić information content (AvgIpc) is 3.44. The molecular formula is C33H27Cl2N5O2. The van der Waals surface area contributed by atoms with Crippen LogP contribution in [0.25, 0.3) is 22.0 Å². The predicted octanol–water partition coefficient (Wildman–Crippen LogP) is 6.72. The molecule has 0 amide bonds. The molecule has 0 saturated carbocycles. The molecule has 3 heterocycles. The number of nitrogens with zero attached hydrogens (tertiary/aromatic N) is 3. The number of imidazole rings is 1. The first-order chi connectivity index (χ1) is 20.4. The Morgan fingerprint density at radius 2 is 1.76 bits per heavy atom. The first kappa shape index (κ1) is 27.7. The number of H-pyrrole nitrogens is 1. The molecule has 6 rings (SSSR count). The van der Waals surface area contributed by atoms with Crippen LogP contribution in [0.1, 0.15) is 22.4 Å². The van der Waals surface area contributed by atoms with Gasteiger partial charge < -0.3 is 14.3 Å². The van der Waals surface area contributed by atoms with Crippen LogP contribution in [0.15, 0.2) is 108 Å². The summed E-state index contributed by atoms with van der Waals surface area (Å²) >= 11 is 12.5. The molecule has 0 aliphatic carbocycles. The van der Waals surface area contributed by atoms with E-state index in [-0.39, 0.29) is 5.56 Å². The number of rotatable bonds is 8. The highest BCUT2D eigenvalue weighted by Gasteiger charge is 2.39. The Bertz CT molecular complexity index is 1930. The van der Waals surface area contributed by atoms with E-state index in [1.807, 2.05) is 78.5 Å². The van der Waals surface area contributed by atoms with Gasteiger partial charge in [-0.15, -0.1) is 0 Å². The van der Waals surface area contributed by atoms with E-state index in [0.29, 0.717) is 22.3 Å². The van der Waals surface area contributed by atoms with Crippen LogP contribution in [0.2, 0.25) is 10.2 Å². The van der Waals surface area contributed by atoms with Crippen LogP contribution in [-0.2, 0) is 19.1 Å². The van der Waals surface area contributed by atoms with Gasteiger partial charge in [0.2, 0.25) is 0 Å². The summed E-state index contributed by atoms with van der Waals surface area (Å²) < 4.78 is 7.34. The predicted molar refractivity (Wildman–Crippen MR) is 167 cm³/mol. The standard InChI is InChI=1S/C33H27Cl2N5O2/c1-40-20-36-19-30(40)33(25-9-13-31(35)37-18-25,38-17-21-6-10-27(42-2)11-7-21)24-8-12-29-23(14-24)16-28(32(41)39-29)22-4-3-5-26(34)15-22/h3-16,18-20,38H,17H2,1-2H3,(H,39,41). The molecule has 2 N–H and O–H groups in total. The highest BCUT2D eigenvalue weighted by molar-refractivity contribution is 6.30. The molecule has 0 aliphatic rings. The van der Waals surface area contributed by atoms with Crippen LogP contribution in [-0.4, -0.2) is 26.6 Å². The molecular weight excluding hydrogens is 569 g/mol.